The summed E-state index contributed by atoms with van der Waals surface area (Å²) in [5.41, 5.74) is 4.74. The van der Waals surface area contributed by atoms with Crippen LogP contribution in [0.3, 0.4) is 0 Å². The highest BCUT2D eigenvalue weighted by Crippen LogP contribution is 2.24. The first kappa shape index (κ1) is 13.6. The topological polar surface area (TPSA) is 67.4 Å². The number of nitrogens with one attached hydrogen (secondary N) is 2. The van der Waals surface area contributed by atoms with Gasteiger partial charge in [-0.3, -0.25) is 20.4 Å². The highest BCUT2D eigenvalue weighted by Gasteiger charge is 2.15. The molecule has 0 unspecified atom stereocenters. The lowest BCUT2D eigenvalue weighted by molar-refractivity contribution is 0.0849. The molecule has 0 radical (unpaired) electrons. The summed E-state index contributed by atoms with van der Waals surface area (Å²) in [6.45, 7) is 2.33. The quantitative estimate of drug-likeness (QED) is 0.851. The van der Waals surface area contributed by atoms with Gasteiger partial charge >= 0.3 is 0 Å². The smallest absolute Gasteiger partial charge is 0.283 e. The van der Waals surface area contributed by atoms with Crippen LogP contribution < -0.4 is 15.6 Å². The molecule has 0 fully saturated rings. The van der Waals surface area contributed by atoms with E-state index in [-0.39, 0.29) is 11.8 Å². The van der Waals surface area contributed by atoms with E-state index in [1.165, 1.54) is 22.7 Å². The lowest BCUT2D eigenvalue weighted by atomic mass is 10.4. The zero-order valence-corrected chi connectivity index (χ0v) is 11.8. The molecule has 2 N–H and O–H groups in total. The summed E-state index contributed by atoms with van der Waals surface area (Å²) in [7, 11) is 0. The third-order valence-electron chi connectivity index (χ3n) is 2.17. The van der Waals surface area contributed by atoms with Crippen molar-refractivity contribution >= 4 is 34.5 Å². The van der Waals surface area contributed by atoms with E-state index in [2.05, 4.69) is 10.9 Å². The highest BCUT2D eigenvalue weighted by atomic mass is 32.1. The molecule has 2 amide bonds. The maximum atomic E-state index is 11.9. The summed E-state index contributed by atoms with van der Waals surface area (Å²) in [6, 6.07) is 5.18. The van der Waals surface area contributed by atoms with E-state index in [0.717, 1.165) is 0 Å². The fraction of sp³-hybridized carbons (Fsp3) is 0.167. The van der Waals surface area contributed by atoms with Gasteiger partial charge in [0.05, 0.1) is 11.5 Å². The van der Waals surface area contributed by atoms with Crippen LogP contribution >= 0.6 is 22.7 Å². The minimum Gasteiger partial charge on any atom is -0.492 e. The fourth-order valence-corrected chi connectivity index (χ4v) is 2.72. The molecule has 0 aliphatic carbocycles. The van der Waals surface area contributed by atoms with Crippen LogP contribution in [-0.2, 0) is 0 Å². The summed E-state index contributed by atoms with van der Waals surface area (Å²) in [5, 5.41) is 3.56. The zero-order chi connectivity index (χ0) is 13.7. The molecule has 0 atom stereocenters. The predicted octanol–water partition coefficient (Wildman–Crippen LogP) is 2.28. The Balaban J connectivity index is 1.94. The van der Waals surface area contributed by atoms with Crippen LogP contribution in [0.4, 0.5) is 0 Å². The first-order valence-corrected chi connectivity index (χ1v) is 7.32. The van der Waals surface area contributed by atoms with Gasteiger partial charge in [-0.15, -0.1) is 22.7 Å². The van der Waals surface area contributed by atoms with Gasteiger partial charge in [0.2, 0.25) is 0 Å². The SMILES string of the molecule is CCOc1ccsc1C(=O)NNC(=O)c1cccs1. The molecule has 0 aliphatic heterocycles. The Morgan fingerprint density at radius 2 is 1.95 bits per heavy atom. The third kappa shape index (κ3) is 3.33. The Kier molecular flexibility index (Phi) is 4.53. The van der Waals surface area contributed by atoms with Crippen LogP contribution in [0.25, 0.3) is 0 Å². The Morgan fingerprint density at radius 1 is 1.16 bits per heavy atom. The normalized spacial score (nSPS) is 9.95. The molecule has 0 bridgehead atoms. The van der Waals surface area contributed by atoms with Crippen LogP contribution in [0.5, 0.6) is 5.75 Å². The number of ether oxygens (including phenoxy) is 1. The molecule has 0 aromatic carbocycles. The van der Waals surface area contributed by atoms with Crippen molar-refractivity contribution in [3.8, 4) is 5.75 Å². The van der Waals surface area contributed by atoms with Crippen LogP contribution in [0.15, 0.2) is 29.0 Å². The van der Waals surface area contributed by atoms with Crippen LogP contribution in [0.1, 0.15) is 26.3 Å². The van der Waals surface area contributed by atoms with Gasteiger partial charge in [0.1, 0.15) is 10.6 Å². The van der Waals surface area contributed by atoms with Gasteiger partial charge in [-0.25, -0.2) is 0 Å². The fourth-order valence-electron chi connectivity index (χ4n) is 1.37. The van der Waals surface area contributed by atoms with Gasteiger partial charge < -0.3 is 4.74 Å². The summed E-state index contributed by atoms with van der Waals surface area (Å²) in [6.07, 6.45) is 0. The van der Waals surface area contributed by atoms with E-state index in [1.54, 1.807) is 29.0 Å². The van der Waals surface area contributed by atoms with E-state index >= 15 is 0 Å². The number of amides is 2. The highest BCUT2D eigenvalue weighted by molar-refractivity contribution is 7.12. The van der Waals surface area contributed by atoms with Gasteiger partial charge in [-0.05, 0) is 29.8 Å². The third-order valence-corrected chi connectivity index (χ3v) is 3.93. The molecule has 2 aromatic heterocycles. The Morgan fingerprint density at radius 3 is 2.63 bits per heavy atom. The summed E-state index contributed by atoms with van der Waals surface area (Å²) in [4.78, 5) is 24.5. The number of hydrogen-bond donors (Lipinski definition) is 2. The maximum Gasteiger partial charge on any atom is 0.283 e. The summed E-state index contributed by atoms with van der Waals surface area (Å²) in [5.74, 6) is -0.198. The molecule has 2 aromatic rings. The van der Waals surface area contributed by atoms with Crippen molar-refractivity contribution in [2.24, 2.45) is 0 Å². The van der Waals surface area contributed by atoms with Crippen molar-refractivity contribution in [3.05, 3.63) is 38.7 Å². The molecule has 5 nitrogen and oxygen atoms in total. The average Bonchev–Trinajstić information content (AvgIpc) is 3.06. The van der Waals surface area contributed by atoms with E-state index < -0.39 is 0 Å². The van der Waals surface area contributed by atoms with Crippen LogP contribution in [0, 0.1) is 0 Å². The number of thiophene rings is 2. The molecule has 0 saturated heterocycles. The van der Waals surface area contributed by atoms with Gasteiger partial charge in [0.25, 0.3) is 11.8 Å². The average molecular weight is 296 g/mol. The molecule has 7 heteroatoms. The first-order valence-electron chi connectivity index (χ1n) is 5.57. The van der Waals surface area contributed by atoms with E-state index in [0.29, 0.717) is 22.1 Å². The number of carbonyl (C=O) groups is 2. The lowest BCUT2D eigenvalue weighted by Gasteiger charge is -2.07. The van der Waals surface area contributed by atoms with E-state index in [9.17, 15) is 9.59 Å². The van der Waals surface area contributed by atoms with Crippen molar-refractivity contribution in [2.45, 2.75) is 6.92 Å². The largest absolute Gasteiger partial charge is 0.492 e. The second kappa shape index (κ2) is 6.35. The monoisotopic (exact) mass is 296 g/mol. The van der Waals surface area contributed by atoms with Crippen LogP contribution in [-0.4, -0.2) is 18.4 Å². The molecule has 2 heterocycles. The molecular weight excluding hydrogens is 284 g/mol. The molecule has 19 heavy (non-hydrogen) atoms. The van der Waals surface area contributed by atoms with E-state index in [4.69, 9.17) is 4.74 Å². The summed E-state index contributed by atoms with van der Waals surface area (Å²) >= 11 is 2.57. The van der Waals surface area contributed by atoms with Gasteiger partial charge in [-0.1, -0.05) is 6.07 Å². The Bertz CT molecular complexity index is 563. The van der Waals surface area contributed by atoms with Gasteiger partial charge in [0.15, 0.2) is 0 Å². The molecule has 100 valence electrons. The Hall–Kier alpha value is -1.86. The number of rotatable bonds is 4. The second-order valence-electron chi connectivity index (χ2n) is 3.43. The van der Waals surface area contributed by atoms with Crippen molar-refractivity contribution in [1.29, 1.82) is 0 Å². The Labute approximate surface area is 118 Å². The van der Waals surface area contributed by atoms with Crippen molar-refractivity contribution < 1.29 is 14.3 Å². The first-order chi connectivity index (χ1) is 9.22. The number of hydrazine groups is 1. The minimum absolute atomic E-state index is 0.335. The van der Waals surface area contributed by atoms with Crippen molar-refractivity contribution in [2.75, 3.05) is 6.61 Å². The molecule has 0 spiro atoms. The molecule has 0 aliphatic rings. The lowest BCUT2D eigenvalue weighted by Crippen LogP contribution is -2.41. The molecule has 0 saturated carbocycles. The maximum absolute atomic E-state index is 11.9. The van der Waals surface area contributed by atoms with Crippen molar-refractivity contribution in [1.82, 2.24) is 10.9 Å². The molecular formula is C12H12N2O3S2. The molecule has 2 rings (SSSR count). The van der Waals surface area contributed by atoms with Crippen LogP contribution in [0.2, 0.25) is 0 Å². The summed E-state index contributed by atoms with van der Waals surface area (Å²) < 4.78 is 5.32. The van der Waals surface area contributed by atoms with Gasteiger partial charge in [-0.2, -0.15) is 0 Å². The van der Waals surface area contributed by atoms with Crippen molar-refractivity contribution in [3.63, 3.8) is 0 Å². The standard InChI is InChI=1S/C12H12N2O3S2/c1-2-17-8-5-7-19-10(8)12(16)14-13-11(15)9-4-3-6-18-9/h3-7H,2H2,1H3,(H,13,15)(H,14,16). The number of carbonyl (C=O) groups excluding carboxylic acids is 2. The second-order valence-corrected chi connectivity index (χ2v) is 5.30. The zero-order valence-electron chi connectivity index (χ0n) is 10.1. The predicted molar refractivity (Wildman–Crippen MR) is 74.7 cm³/mol. The minimum atomic E-state index is -0.386. The number of hydrogen-bond acceptors (Lipinski definition) is 5. The van der Waals surface area contributed by atoms with Gasteiger partial charge in [0, 0.05) is 0 Å². The van der Waals surface area contributed by atoms with E-state index in [1.807, 2.05) is 6.92 Å².